The third-order valence-corrected chi connectivity index (χ3v) is 12.4. The molecule has 0 amide bonds. The van der Waals surface area contributed by atoms with Gasteiger partial charge in [-0.3, -0.25) is 4.79 Å². The van der Waals surface area contributed by atoms with E-state index in [1.807, 2.05) is 6.92 Å². The number of rotatable bonds is 6. The van der Waals surface area contributed by atoms with Gasteiger partial charge >= 0.3 is 11.9 Å². The first-order valence-corrected chi connectivity index (χ1v) is 15.7. The quantitative estimate of drug-likeness (QED) is 0.270. The molecule has 5 fully saturated rings. The second kappa shape index (κ2) is 10.6. The van der Waals surface area contributed by atoms with Crippen LogP contribution >= 0.6 is 0 Å². The molecule has 4 saturated carbocycles. The van der Waals surface area contributed by atoms with Crippen molar-refractivity contribution in [3.05, 3.63) is 11.6 Å². The summed E-state index contributed by atoms with van der Waals surface area (Å²) in [6.45, 7) is 5.63. The van der Waals surface area contributed by atoms with Gasteiger partial charge in [-0.2, -0.15) is 0 Å². The molecule has 0 aromatic heterocycles. The molecule has 2 N–H and O–H groups in total. The summed E-state index contributed by atoms with van der Waals surface area (Å²) >= 11 is 0. The number of hydrogen-bond donors (Lipinski definition) is 2. The molecule has 2 aliphatic heterocycles. The van der Waals surface area contributed by atoms with Crippen molar-refractivity contribution >= 4 is 18.2 Å². The van der Waals surface area contributed by atoms with Crippen LogP contribution < -0.4 is 0 Å². The van der Waals surface area contributed by atoms with Gasteiger partial charge in [0.15, 0.2) is 12.4 Å². The number of methoxy groups -OCH3 is 1. The highest BCUT2D eigenvalue weighted by atomic mass is 16.7. The molecule has 0 unspecified atom stereocenters. The molecule has 42 heavy (non-hydrogen) atoms. The lowest BCUT2D eigenvalue weighted by Crippen LogP contribution is -2.69. The molecule has 2 heterocycles. The van der Waals surface area contributed by atoms with E-state index >= 15 is 0 Å². The number of esters is 2. The molecule has 0 aromatic rings. The summed E-state index contributed by atoms with van der Waals surface area (Å²) in [6.07, 6.45) is 6.06. The molecular weight excluding hydrogens is 544 g/mol. The Kier molecular flexibility index (Phi) is 7.65. The summed E-state index contributed by atoms with van der Waals surface area (Å²) in [4.78, 5) is 36.5. The number of carbonyl (C=O) groups excluding carboxylic acids is 3. The van der Waals surface area contributed by atoms with Crippen LogP contribution in [-0.4, -0.2) is 84.1 Å². The van der Waals surface area contributed by atoms with Gasteiger partial charge in [0.1, 0.15) is 19.0 Å². The van der Waals surface area contributed by atoms with Crippen molar-refractivity contribution in [2.24, 2.45) is 28.6 Å². The molecule has 6 aliphatic rings. The van der Waals surface area contributed by atoms with Crippen LogP contribution in [0, 0.1) is 28.6 Å². The van der Waals surface area contributed by atoms with Gasteiger partial charge in [0, 0.05) is 38.4 Å². The second-order valence-corrected chi connectivity index (χ2v) is 14.1. The molecular formula is C32H46O10. The van der Waals surface area contributed by atoms with E-state index in [9.17, 15) is 24.6 Å². The SMILES string of the molecule is CO[C@H]1C[C@@H](O[C@H]2CC[C@]3(C=O)[C@@H]4CC[C@]5(C)[C@H](C6=CC(=O)OC6)CC[C@]5(O)[C@H]4CC[C@@]3(O)C2)O[C@H](C)[C@H]1OC(C)=O. The largest absolute Gasteiger partial charge is 0.458 e. The number of aldehydes is 1. The van der Waals surface area contributed by atoms with E-state index in [4.69, 9.17) is 23.7 Å². The molecule has 0 bridgehead atoms. The molecule has 234 valence electrons. The van der Waals surface area contributed by atoms with Crippen LogP contribution in [0.4, 0.5) is 0 Å². The fourth-order valence-electron chi connectivity index (χ4n) is 10.3. The first-order valence-electron chi connectivity index (χ1n) is 15.7. The zero-order valence-electron chi connectivity index (χ0n) is 25.2. The maximum Gasteiger partial charge on any atom is 0.331 e. The Morgan fingerprint density at radius 1 is 1.10 bits per heavy atom. The third kappa shape index (κ3) is 4.42. The Morgan fingerprint density at radius 2 is 1.86 bits per heavy atom. The minimum Gasteiger partial charge on any atom is -0.458 e. The second-order valence-electron chi connectivity index (χ2n) is 14.1. The Morgan fingerprint density at radius 3 is 2.52 bits per heavy atom. The van der Waals surface area contributed by atoms with E-state index in [2.05, 4.69) is 6.92 Å². The normalized spacial score (nSPS) is 50.1. The van der Waals surface area contributed by atoms with Crippen LogP contribution in [0.2, 0.25) is 0 Å². The number of carbonyl (C=O) groups is 3. The summed E-state index contributed by atoms with van der Waals surface area (Å²) in [5.41, 5.74) is -2.60. The average Bonchev–Trinajstić information content (AvgIpc) is 3.48. The summed E-state index contributed by atoms with van der Waals surface area (Å²) in [5, 5.41) is 24.7. The van der Waals surface area contributed by atoms with Crippen molar-refractivity contribution in [3.8, 4) is 0 Å². The molecule has 0 radical (unpaired) electrons. The maximum absolute atomic E-state index is 13.1. The number of cyclic esters (lactones) is 1. The Balaban J connectivity index is 1.18. The third-order valence-electron chi connectivity index (χ3n) is 12.4. The van der Waals surface area contributed by atoms with Crippen LogP contribution in [0.1, 0.15) is 85.0 Å². The standard InChI is InChI=1S/C32H46O10/c1-18-28(41-19(2)34)25(38-4)14-27(40-18)42-21-5-10-30(17-33)23-6-9-29(3)22(20-13-26(35)39-16-20)8-12-32(29,37)24(23)7-11-31(30,36)15-21/h13,17-18,21-25,27-28,36-37H,5-12,14-16H2,1-4H3/t18-,21+,22+,23-,24+,25+,27-,28-,29-,30+,31-,32+/m1/s1. The van der Waals surface area contributed by atoms with Crippen LogP contribution in [0.3, 0.4) is 0 Å². The predicted molar refractivity (Wildman–Crippen MR) is 148 cm³/mol. The fraction of sp³-hybridized carbons (Fsp3) is 0.844. The van der Waals surface area contributed by atoms with Crippen molar-refractivity contribution in [1.82, 2.24) is 0 Å². The van der Waals surface area contributed by atoms with E-state index in [0.29, 0.717) is 51.6 Å². The van der Waals surface area contributed by atoms with Crippen molar-refractivity contribution in [2.75, 3.05) is 13.7 Å². The highest BCUT2D eigenvalue weighted by Crippen LogP contribution is 2.70. The van der Waals surface area contributed by atoms with Gasteiger partial charge in [-0.1, -0.05) is 6.92 Å². The van der Waals surface area contributed by atoms with Gasteiger partial charge in [0.25, 0.3) is 0 Å². The molecule has 0 spiro atoms. The smallest absolute Gasteiger partial charge is 0.331 e. The molecule has 10 nitrogen and oxygen atoms in total. The van der Waals surface area contributed by atoms with Crippen LogP contribution in [0.5, 0.6) is 0 Å². The lowest BCUT2D eigenvalue weighted by Gasteiger charge is -2.65. The number of ether oxygens (including phenoxy) is 5. The van der Waals surface area contributed by atoms with Gasteiger partial charge in [-0.15, -0.1) is 0 Å². The van der Waals surface area contributed by atoms with Crippen LogP contribution in [-0.2, 0) is 38.1 Å². The Hall–Kier alpha value is -1.85. The van der Waals surface area contributed by atoms with Gasteiger partial charge in [-0.25, -0.2) is 4.79 Å². The van der Waals surface area contributed by atoms with E-state index < -0.39 is 46.5 Å². The molecule has 6 rings (SSSR count). The minimum atomic E-state index is -1.24. The van der Waals surface area contributed by atoms with E-state index in [1.54, 1.807) is 13.2 Å². The average molecular weight is 591 g/mol. The number of aliphatic hydroxyl groups is 2. The number of hydrogen-bond acceptors (Lipinski definition) is 10. The van der Waals surface area contributed by atoms with E-state index in [-0.39, 0.29) is 35.9 Å². The molecule has 1 saturated heterocycles. The van der Waals surface area contributed by atoms with Gasteiger partial charge < -0.3 is 38.7 Å². The summed E-state index contributed by atoms with van der Waals surface area (Å²) in [5.74, 6) is -0.871. The summed E-state index contributed by atoms with van der Waals surface area (Å²) in [7, 11) is 1.57. The first-order chi connectivity index (χ1) is 19.9. The van der Waals surface area contributed by atoms with Crippen LogP contribution in [0.15, 0.2) is 11.6 Å². The van der Waals surface area contributed by atoms with Crippen molar-refractivity contribution in [2.45, 2.75) is 127 Å². The first kappa shape index (κ1) is 30.2. The van der Waals surface area contributed by atoms with Crippen molar-refractivity contribution in [3.63, 3.8) is 0 Å². The molecule has 4 aliphatic carbocycles. The lowest BCUT2D eigenvalue weighted by molar-refractivity contribution is -0.289. The van der Waals surface area contributed by atoms with Crippen molar-refractivity contribution < 1.29 is 48.3 Å². The lowest BCUT2D eigenvalue weighted by atomic mass is 9.41. The van der Waals surface area contributed by atoms with E-state index in [1.165, 1.54) is 6.92 Å². The number of fused-ring (bicyclic) bond motifs is 5. The zero-order chi connectivity index (χ0) is 30.1. The summed E-state index contributed by atoms with van der Waals surface area (Å²) < 4.78 is 28.7. The Bertz CT molecular complexity index is 1140. The highest BCUT2D eigenvalue weighted by Gasteiger charge is 2.71. The molecule has 12 atom stereocenters. The topological polar surface area (TPSA) is 138 Å². The van der Waals surface area contributed by atoms with Gasteiger partial charge in [0.05, 0.1) is 28.8 Å². The predicted octanol–water partition coefficient (Wildman–Crippen LogP) is 3.00. The zero-order valence-corrected chi connectivity index (χ0v) is 25.2. The molecule has 10 heteroatoms. The summed E-state index contributed by atoms with van der Waals surface area (Å²) in [6, 6.07) is 0. The van der Waals surface area contributed by atoms with Crippen molar-refractivity contribution in [1.29, 1.82) is 0 Å². The monoisotopic (exact) mass is 590 g/mol. The highest BCUT2D eigenvalue weighted by molar-refractivity contribution is 5.85. The van der Waals surface area contributed by atoms with Gasteiger partial charge in [0.2, 0.25) is 0 Å². The Labute approximate surface area is 247 Å². The van der Waals surface area contributed by atoms with E-state index in [0.717, 1.165) is 31.1 Å². The minimum absolute atomic E-state index is 0.0706. The maximum atomic E-state index is 13.1. The fourth-order valence-corrected chi connectivity index (χ4v) is 10.3. The van der Waals surface area contributed by atoms with Crippen LogP contribution in [0.25, 0.3) is 0 Å². The molecule has 0 aromatic carbocycles. The van der Waals surface area contributed by atoms with Gasteiger partial charge in [-0.05, 0) is 81.6 Å².